The second-order valence-electron chi connectivity index (χ2n) is 8.92. The maximum atomic E-state index is 4.43. The Kier molecular flexibility index (Phi) is 3.98. The molecule has 0 saturated carbocycles. The Labute approximate surface area is 172 Å². The van der Waals surface area contributed by atoms with Crippen LogP contribution in [-0.2, 0) is 5.41 Å². The molecule has 146 valence electrons. The average molecular weight is 382 g/mol. The molecule has 1 fully saturated rings. The third-order valence-electron chi connectivity index (χ3n) is 7.35. The molecule has 3 nitrogen and oxygen atoms in total. The van der Waals surface area contributed by atoms with E-state index in [0.29, 0.717) is 12.0 Å². The Balaban J connectivity index is 1.22. The molecule has 1 aliphatic heterocycles. The second kappa shape index (κ2) is 6.70. The average Bonchev–Trinajstić information content (AvgIpc) is 3.28. The lowest BCUT2D eigenvalue weighted by Gasteiger charge is -2.40. The largest absolute Gasteiger partial charge is 0.367 e. The van der Waals surface area contributed by atoms with Crippen LogP contribution in [0.25, 0.3) is 0 Å². The lowest BCUT2D eigenvalue weighted by atomic mass is 9.74. The van der Waals surface area contributed by atoms with E-state index < -0.39 is 0 Å². The summed E-state index contributed by atoms with van der Waals surface area (Å²) in [6.45, 7) is 3.45. The van der Waals surface area contributed by atoms with Crippen molar-refractivity contribution < 1.29 is 0 Å². The predicted molar refractivity (Wildman–Crippen MR) is 117 cm³/mol. The summed E-state index contributed by atoms with van der Waals surface area (Å²) in [6.07, 6.45) is 5.47. The standard InChI is InChI=1S/C26H27N3/c1-3-9-23-20(7-1)22-17-26(23,24-10-4-2-8-21(22)24)18-29-15-12-19(13-16-29)28-25-11-5-6-14-27-25/h1-11,14,19,22H,12-13,15-18H2,(H,27,28). The number of aromatic nitrogens is 1. The fourth-order valence-corrected chi connectivity index (χ4v) is 6.08. The van der Waals surface area contributed by atoms with Gasteiger partial charge in [-0.2, -0.15) is 0 Å². The van der Waals surface area contributed by atoms with Crippen LogP contribution in [-0.4, -0.2) is 35.6 Å². The van der Waals surface area contributed by atoms with Gasteiger partial charge in [0.1, 0.15) is 5.82 Å². The van der Waals surface area contributed by atoms with Gasteiger partial charge in [0.05, 0.1) is 0 Å². The summed E-state index contributed by atoms with van der Waals surface area (Å²) in [4.78, 5) is 7.14. The van der Waals surface area contributed by atoms with E-state index in [4.69, 9.17) is 0 Å². The van der Waals surface area contributed by atoms with E-state index >= 15 is 0 Å². The first-order chi connectivity index (χ1) is 14.3. The predicted octanol–water partition coefficient (Wildman–Crippen LogP) is 4.79. The molecule has 2 aliphatic carbocycles. The summed E-state index contributed by atoms with van der Waals surface area (Å²) >= 11 is 0. The molecule has 3 aromatic rings. The molecule has 1 saturated heterocycles. The zero-order chi connectivity index (χ0) is 19.3. The molecule has 0 atom stereocenters. The maximum absolute atomic E-state index is 4.43. The summed E-state index contributed by atoms with van der Waals surface area (Å²) < 4.78 is 0. The minimum absolute atomic E-state index is 0.180. The van der Waals surface area contributed by atoms with E-state index in [2.05, 4.69) is 75.9 Å². The van der Waals surface area contributed by atoms with Gasteiger partial charge >= 0.3 is 0 Å². The van der Waals surface area contributed by atoms with Gasteiger partial charge in [0, 0.05) is 43.2 Å². The highest BCUT2D eigenvalue weighted by Crippen LogP contribution is 2.60. The smallest absolute Gasteiger partial charge is 0.126 e. The molecule has 3 heteroatoms. The quantitative estimate of drug-likeness (QED) is 0.704. The van der Waals surface area contributed by atoms with Gasteiger partial charge in [0.2, 0.25) is 0 Å². The number of benzene rings is 2. The molecular formula is C26H27N3. The van der Waals surface area contributed by atoms with Crippen LogP contribution in [0.3, 0.4) is 0 Å². The van der Waals surface area contributed by atoms with Crippen molar-refractivity contribution in [3.05, 3.63) is 95.2 Å². The molecule has 0 spiro atoms. The minimum Gasteiger partial charge on any atom is -0.367 e. The van der Waals surface area contributed by atoms with Gasteiger partial charge in [-0.05, 0) is 53.6 Å². The first-order valence-corrected chi connectivity index (χ1v) is 10.9. The first-order valence-electron chi connectivity index (χ1n) is 10.9. The van der Waals surface area contributed by atoms with Gasteiger partial charge in [0.25, 0.3) is 0 Å². The van der Waals surface area contributed by atoms with E-state index in [1.165, 1.54) is 19.3 Å². The van der Waals surface area contributed by atoms with E-state index in [1.807, 2.05) is 12.3 Å². The highest BCUT2D eigenvalue weighted by atomic mass is 15.2. The van der Waals surface area contributed by atoms with Crippen LogP contribution in [0.2, 0.25) is 0 Å². The first kappa shape index (κ1) is 17.2. The van der Waals surface area contributed by atoms with Crippen LogP contribution in [0.4, 0.5) is 5.82 Å². The van der Waals surface area contributed by atoms with Gasteiger partial charge in [-0.1, -0.05) is 54.6 Å². The van der Waals surface area contributed by atoms with Crippen molar-refractivity contribution in [3.8, 4) is 0 Å². The van der Waals surface area contributed by atoms with E-state index in [9.17, 15) is 0 Å². The van der Waals surface area contributed by atoms with Gasteiger partial charge in [-0.25, -0.2) is 4.98 Å². The van der Waals surface area contributed by atoms with Crippen LogP contribution in [0.5, 0.6) is 0 Å². The normalized spacial score (nSPS) is 25.6. The van der Waals surface area contributed by atoms with Crippen molar-refractivity contribution in [1.82, 2.24) is 9.88 Å². The number of anilines is 1. The Hall–Kier alpha value is -2.65. The van der Waals surface area contributed by atoms with Crippen LogP contribution < -0.4 is 5.32 Å². The number of rotatable bonds is 4. The van der Waals surface area contributed by atoms with Crippen molar-refractivity contribution in [1.29, 1.82) is 0 Å². The number of hydrogen-bond acceptors (Lipinski definition) is 3. The molecule has 6 rings (SSSR count). The third-order valence-corrected chi connectivity index (χ3v) is 7.35. The second-order valence-corrected chi connectivity index (χ2v) is 8.92. The Morgan fingerprint density at radius 1 is 0.862 bits per heavy atom. The minimum atomic E-state index is 0.180. The number of fused-ring (bicyclic) bond motifs is 8. The number of nitrogens with one attached hydrogen (secondary N) is 1. The molecule has 0 amide bonds. The van der Waals surface area contributed by atoms with E-state index in [0.717, 1.165) is 25.5 Å². The Bertz CT molecular complexity index is 973. The van der Waals surface area contributed by atoms with Gasteiger partial charge in [0.15, 0.2) is 0 Å². The van der Waals surface area contributed by atoms with Gasteiger partial charge < -0.3 is 10.2 Å². The molecule has 3 aliphatic rings. The molecule has 1 N–H and O–H groups in total. The lowest BCUT2D eigenvalue weighted by molar-refractivity contribution is 0.186. The fraction of sp³-hybridized carbons (Fsp3) is 0.346. The summed E-state index contributed by atoms with van der Waals surface area (Å²) in [7, 11) is 0. The van der Waals surface area contributed by atoms with Crippen LogP contribution in [0, 0.1) is 0 Å². The van der Waals surface area contributed by atoms with Crippen molar-refractivity contribution in [2.45, 2.75) is 36.6 Å². The summed E-state index contributed by atoms with van der Waals surface area (Å²) in [5.74, 6) is 1.59. The number of piperidine rings is 1. The zero-order valence-electron chi connectivity index (χ0n) is 16.7. The molecule has 2 bridgehead atoms. The summed E-state index contributed by atoms with van der Waals surface area (Å²) in [5.41, 5.74) is 6.48. The van der Waals surface area contributed by atoms with Crippen molar-refractivity contribution in [2.75, 3.05) is 25.0 Å². The van der Waals surface area contributed by atoms with Crippen LogP contribution in [0.15, 0.2) is 72.9 Å². The third kappa shape index (κ3) is 2.71. The van der Waals surface area contributed by atoms with Crippen LogP contribution >= 0.6 is 0 Å². The topological polar surface area (TPSA) is 28.2 Å². The Morgan fingerprint density at radius 2 is 1.52 bits per heavy atom. The number of hydrogen-bond donors (Lipinski definition) is 1. The molecule has 0 unspecified atom stereocenters. The highest BCUT2D eigenvalue weighted by Gasteiger charge is 2.53. The highest BCUT2D eigenvalue weighted by molar-refractivity contribution is 5.62. The molecule has 1 aromatic heterocycles. The molecule has 29 heavy (non-hydrogen) atoms. The Morgan fingerprint density at radius 3 is 2.17 bits per heavy atom. The summed E-state index contributed by atoms with van der Waals surface area (Å²) in [5, 5.41) is 3.62. The summed E-state index contributed by atoms with van der Waals surface area (Å²) in [6, 6.07) is 25.0. The van der Waals surface area contributed by atoms with E-state index in [-0.39, 0.29) is 5.41 Å². The number of pyridine rings is 1. The van der Waals surface area contributed by atoms with Gasteiger partial charge in [-0.3, -0.25) is 0 Å². The molecule has 2 heterocycles. The zero-order valence-corrected chi connectivity index (χ0v) is 16.7. The monoisotopic (exact) mass is 381 g/mol. The van der Waals surface area contributed by atoms with E-state index in [1.54, 1.807) is 22.3 Å². The SMILES string of the molecule is c1ccc(NC2CCN(CC34CC(c5ccccc53)c3ccccc34)CC2)nc1. The number of likely N-dealkylation sites (tertiary alicyclic amines) is 1. The van der Waals surface area contributed by atoms with Gasteiger partial charge in [-0.15, -0.1) is 0 Å². The molecular weight excluding hydrogens is 354 g/mol. The van der Waals surface area contributed by atoms with Crippen molar-refractivity contribution in [3.63, 3.8) is 0 Å². The maximum Gasteiger partial charge on any atom is 0.126 e. The lowest BCUT2D eigenvalue weighted by Crippen LogP contribution is -2.46. The van der Waals surface area contributed by atoms with Crippen molar-refractivity contribution in [2.24, 2.45) is 0 Å². The molecule has 2 aromatic carbocycles. The molecule has 0 radical (unpaired) electrons. The number of nitrogens with zero attached hydrogens (tertiary/aromatic N) is 2. The van der Waals surface area contributed by atoms with Crippen molar-refractivity contribution >= 4 is 5.82 Å². The van der Waals surface area contributed by atoms with Crippen LogP contribution in [0.1, 0.15) is 47.4 Å². The fourth-order valence-electron chi connectivity index (χ4n) is 6.08.